The SMILES string of the molecule is CC(NC(=O)[C@H](NC(=O)c1c(F)cccc1F)C(C)C)c1ccncc1. The van der Waals surface area contributed by atoms with Crippen molar-refractivity contribution in [1.29, 1.82) is 0 Å². The number of nitrogens with zero attached hydrogens (tertiary/aromatic N) is 1. The van der Waals surface area contributed by atoms with Crippen LogP contribution in [0, 0.1) is 17.6 Å². The number of amides is 2. The largest absolute Gasteiger partial charge is 0.348 e. The number of hydrogen-bond donors (Lipinski definition) is 2. The molecule has 1 unspecified atom stereocenters. The Hall–Kier alpha value is -2.83. The van der Waals surface area contributed by atoms with Crippen molar-refractivity contribution in [2.45, 2.75) is 32.9 Å². The molecule has 1 aromatic carbocycles. The molecule has 2 atom stereocenters. The Morgan fingerprint density at radius 1 is 0.962 bits per heavy atom. The lowest BCUT2D eigenvalue weighted by Gasteiger charge is -2.24. The summed E-state index contributed by atoms with van der Waals surface area (Å²) in [6.45, 7) is 5.27. The number of hydrogen-bond acceptors (Lipinski definition) is 3. The van der Waals surface area contributed by atoms with Crippen molar-refractivity contribution in [3.63, 3.8) is 0 Å². The molecule has 0 aliphatic rings. The summed E-state index contributed by atoms with van der Waals surface area (Å²) < 4.78 is 27.6. The van der Waals surface area contributed by atoms with E-state index in [4.69, 9.17) is 0 Å². The van der Waals surface area contributed by atoms with Crippen molar-refractivity contribution in [2.24, 2.45) is 5.92 Å². The summed E-state index contributed by atoms with van der Waals surface area (Å²) in [6.07, 6.45) is 3.22. The zero-order chi connectivity index (χ0) is 19.3. The number of rotatable bonds is 6. The van der Waals surface area contributed by atoms with Gasteiger partial charge in [-0.25, -0.2) is 8.78 Å². The van der Waals surface area contributed by atoms with Gasteiger partial charge in [0, 0.05) is 12.4 Å². The summed E-state index contributed by atoms with van der Waals surface area (Å²) in [7, 11) is 0. The number of nitrogens with one attached hydrogen (secondary N) is 2. The van der Waals surface area contributed by atoms with E-state index >= 15 is 0 Å². The van der Waals surface area contributed by atoms with Crippen LogP contribution in [0.1, 0.15) is 42.7 Å². The Bertz CT molecular complexity index is 761. The lowest BCUT2D eigenvalue weighted by molar-refractivity contribution is -0.124. The van der Waals surface area contributed by atoms with Crippen LogP contribution in [0.4, 0.5) is 8.78 Å². The van der Waals surface area contributed by atoms with Crippen molar-refractivity contribution in [1.82, 2.24) is 15.6 Å². The molecule has 7 heteroatoms. The molecule has 2 aromatic rings. The first kappa shape index (κ1) is 19.5. The maximum absolute atomic E-state index is 13.8. The maximum atomic E-state index is 13.8. The molecule has 1 heterocycles. The van der Waals surface area contributed by atoms with Crippen molar-refractivity contribution in [2.75, 3.05) is 0 Å². The monoisotopic (exact) mass is 361 g/mol. The number of benzene rings is 1. The third-order valence-electron chi connectivity index (χ3n) is 3.99. The second-order valence-corrected chi connectivity index (χ2v) is 6.30. The first-order valence-corrected chi connectivity index (χ1v) is 8.26. The Morgan fingerprint density at radius 3 is 2.08 bits per heavy atom. The van der Waals surface area contributed by atoms with Crippen LogP contribution in [-0.4, -0.2) is 22.8 Å². The van der Waals surface area contributed by atoms with Crippen molar-refractivity contribution >= 4 is 11.8 Å². The third-order valence-corrected chi connectivity index (χ3v) is 3.99. The molecule has 0 saturated heterocycles. The second-order valence-electron chi connectivity index (χ2n) is 6.30. The van der Waals surface area contributed by atoms with Crippen LogP contribution in [0.5, 0.6) is 0 Å². The molecular formula is C19H21F2N3O2. The van der Waals surface area contributed by atoms with Gasteiger partial charge in [-0.15, -0.1) is 0 Å². The summed E-state index contributed by atoms with van der Waals surface area (Å²) in [6, 6.07) is 5.44. The summed E-state index contributed by atoms with van der Waals surface area (Å²) >= 11 is 0. The molecular weight excluding hydrogens is 340 g/mol. The predicted molar refractivity (Wildman–Crippen MR) is 93.2 cm³/mol. The van der Waals surface area contributed by atoms with Crippen molar-refractivity contribution in [3.05, 3.63) is 65.5 Å². The second kappa shape index (κ2) is 8.51. The fourth-order valence-electron chi connectivity index (χ4n) is 2.50. The highest BCUT2D eigenvalue weighted by Gasteiger charge is 2.28. The van der Waals surface area contributed by atoms with E-state index in [-0.39, 0.29) is 12.0 Å². The van der Waals surface area contributed by atoms with Crippen LogP contribution >= 0.6 is 0 Å². The number of pyridine rings is 1. The van der Waals surface area contributed by atoms with Crippen LogP contribution in [0.25, 0.3) is 0 Å². The number of aromatic nitrogens is 1. The molecule has 0 aliphatic heterocycles. The topological polar surface area (TPSA) is 71.1 Å². The normalized spacial score (nSPS) is 13.2. The van der Waals surface area contributed by atoms with E-state index < -0.39 is 35.1 Å². The van der Waals surface area contributed by atoms with E-state index in [2.05, 4.69) is 15.6 Å². The molecule has 0 fully saturated rings. The van der Waals surface area contributed by atoms with E-state index in [1.165, 1.54) is 6.07 Å². The first-order valence-electron chi connectivity index (χ1n) is 8.26. The van der Waals surface area contributed by atoms with Gasteiger partial charge in [0.25, 0.3) is 5.91 Å². The molecule has 2 amide bonds. The summed E-state index contributed by atoms with van der Waals surface area (Å²) in [5, 5.41) is 5.22. The quantitative estimate of drug-likeness (QED) is 0.831. The molecule has 0 aliphatic carbocycles. The van der Waals surface area contributed by atoms with Gasteiger partial charge in [0.05, 0.1) is 6.04 Å². The van der Waals surface area contributed by atoms with Crippen molar-refractivity contribution in [3.8, 4) is 0 Å². The number of halogens is 2. The Kier molecular flexibility index (Phi) is 6.38. The van der Waals surface area contributed by atoms with Crippen LogP contribution < -0.4 is 10.6 Å². The minimum absolute atomic E-state index is 0.279. The summed E-state index contributed by atoms with van der Waals surface area (Å²) in [5.41, 5.74) is 0.149. The zero-order valence-electron chi connectivity index (χ0n) is 14.8. The average molecular weight is 361 g/mol. The van der Waals surface area contributed by atoms with Gasteiger partial charge in [0.1, 0.15) is 23.2 Å². The van der Waals surface area contributed by atoms with E-state index in [1.807, 2.05) is 0 Å². The lowest BCUT2D eigenvalue weighted by atomic mass is 10.0. The van der Waals surface area contributed by atoms with E-state index in [0.717, 1.165) is 17.7 Å². The molecule has 0 spiro atoms. The first-order chi connectivity index (χ1) is 12.3. The van der Waals surface area contributed by atoms with Gasteiger partial charge in [-0.3, -0.25) is 14.6 Å². The van der Waals surface area contributed by atoms with E-state index in [0.29, 0.717) is 0 Å². The Labute approximate surface area is 150 Å². The summed E-state index contributed by atoms with van der Waals surface area (Å²) in [5.74, 6) is -3.63. The van der Waals surface area contributed by atoms with Gasteiger partial charge in [-0.2, -0.15) is 0 Å². The highest BCUT2D eigenvalue weighted by atomic mass is 19.1. The van der Waals surface area contributed by atoms with E-state index in [1.54, 1.807) is 45.3 Å². The van der Waals surface area contributed by atoms with Crippen LogP contribution in [-0.2, 0) is 4.79 Å². The highest BCUT2D eigenvalue weighted by Crippen LogP contribution is 2.15. The van der Waals surface area contributed by atoms with Gasteiger partial charge in [0.2, 0.25) is 5.91 Å². The minimum Gasteiger partial charge on any atom is -0.348 e. The molecule has 26 heavy (non-hydrogen) atoms. The molecule has 0 saturated carbocycles. The fourth-order valence-corrected chi connectivity index (χ4v) is 2.50. The smallest absolute Gasteiger partial charge is 0.257 e. The zero-order valence-corrected chi connectivity index (χ0v) is 14.8. The number of carbonyl (C=O) groups excluding carboxylic acids is 2. The summed E-state index contributed by atoms with van der Waals surface area (Å²) in [4.78, 5) is 28.8. The van der Waals surface area contributed by atoms with Crippen LogP contribution in [0.3, 0.4) is 0 Å². The molecule has 2 rings (SSSR count). The molecule has 138 valence electrons. The predicted octanol–water partition coefficient (Wildman–Crippen LogP) is 2.99. The lowest BCUT2D eigenvalue weighted by Crippen LogP contribution is -2.50. The average Bonchev–Trinajstić information content (AvgIpc) is 2.59. The molecule has 1 aromatic heterocycles. The van der Waals surface area contributed by atoms with Crippen molar-refractivity contribution < 1.29 is 18.4 Å². The Balaban J connectivity index is 2.13. The van der Waals surface area contributed by atoms with Gasteiger partial charge >= 0.3 is 0 Å². The molecule has 2 N–H and O–H groups in total. The van der Waals surface area contributed by atoms with Gasteiger partial charge < -0.3 is 10.6 Å². The maximum Gasteiger partial charge on any atom is 0.257 e. The van der Waals surface area contributed by atoms with Gasteiger partial charge in [-0.05, 0) is 42.7 Å². The fraction of sp³-hybridized carbons (Fsp3) is 0.316. The highest BCUT2D eigenvalue weighted by molar-refractivity contribution is 5.98. The Morgan fingerprint density at radius 2 is 1.54 bits per heavy atom. The van der Waals surface area contributed by atoms with E-state index in [9.17, 15) is 18.4 Å². The van der Waals surface area contributed by atoms with Crippen LogP contribution in [0.2, 0.25) is 0 Å². The number of carbonyl (C=O) groups is 2. The third kappa shape index (κ3) is 4.62. The standard InChI is InChI=1S/C19H21F2N3O2/c1-11(2)17(19(26)23-12(3)13-7-9-22-10-8-13)24-18(25)16-14(20)5-4-6-15(16)21/h4-12,17H,1-3H3,(H,23,26)(H,24,25)/t12?,17-/m1/s1. The van der Waals surface area contributed by atoms with Gasteiger partial charge in [0.15, 0.2) is 0 Å². The molecule has 0 bridgehead atoms. The van der Waals surface area contributed by atoms with Gasteiger partial charge in [-0.1, -0.05) is 19.9 Å². The molecule has 5 nitrogen and oxygen atoms in total. The minimum atomic E-state index is -0.976. The molecule has 0 radical (unpaired) electrons. The van der Waals surface area contributed by atoms with Crippen LogP contribution in [0.15, 0.2) is 42.7 Å².